The molecule has 104 valence electrons. The summed E-state index contributed by atoms with van der Waals surface area (Å²) in [4.78, 5) is 10.3. The Bertz CT molecular complexity index is 464. The SMILES string of the molecule is Cc1cc(OCC2CNCC(C)O2)ccc1[N+](=O)[O-]. The predicted molar refractivity (Wildman–Crippen MR) is 70.5 cm³/mol. The molecule has 1 aromatic carbocycles. The Morgan fingerprint density at radius 1 is 1.53 bits per heavy atom. The molecule has 1 fully saturated rings. The third kappa shape index (κ3) is 3.65. The molecule has 6 heteroatoms. The molecule has 0 saturated carbocycles. The molecule has 1 saturated heterocycles. The molecular weight excluding hydrogens is 248 g/mol. The van der Waals surface area contributed by atoms with E-state index in [1.54, 1.807) is 19.1 Å². The van der Waals surface area contributed by atoms with E-state index in [1.165, 1.54) is 6.07 Å². The van der Waals surface area contributed by atoms with Crippen molar-refractivity contribution in [1.82, 2.24) is 5.32 Å². The fourth-order valence-corrected chi connectivity index (χ4v) is 2.08. The van der Waals surface area contributed by atoms with Crippen LogP contribution in [0.25, 0.3) is 0 Å². The predicted octanol–water partition coefficient (Wildman–Crippen LogP) is 1.66. The zero-order valence-electron chi connectivity index (χ0n) is 11.1. The summed E-state index contributed by atoms with van der Waals surface area (Å²) in [5.41, 5.74) is 0.704. The topological polar surface area (TPSA) is 73.6 Å². The maximum absolute atomic E-state index is 10.7. The largest absolute Gasteiger partial charge is 0.491 e. The van der Waals surface area contributed by atoms with Gasteiger partial charge in [-0.2, -0.15) is 0 Å². The number of rotatable bonds is 4. The zero-order valence-corrected chi connectivity index (χ0v) is 11.1. The first-order valence-electron chi connectivity index (χ1n) is 6.30. The minimum atomic E-state index is -0.394. The van der Waals surface area contributed by atoms with E-state index < -0.39 is 4.92 Å². The van der Waals surface area contributed by atoms with Gasteiger partial charge in [-0.05, 0) is 26.0 Å². The summed E-state index contributed by atoms with van der Waals surface area (Å²) in [7, 11) is 0. The summed E-state index contributed by atoms with van der Waals surface area (Å²) in [5, 5.41) is 14.0. The fraction of sp³-hybridized carbons (Fsp3) is 0.538. The molecule has 0 aliphatic carbocycles. The van der Waals surface area contributed by atoms with Gasteiger partial charge in [-0.25, -0.2) is 0 Å². The molecule has 2 atom stereocenters. The van der Waals surface area contributed by atoms with E-state index in [0.29, 0.717) is 17.9 Å². The van der Waals surface area contributed by atoms with Crippen LogP contribution in [-0.4, -0.2) is 36.8 Å². The first kappa shape index (κ1) is 13.8. The number of nitrogens with zero attached hydrogens (tertiary/aromatic N) is 1. The van der Waals surface area contributed by atoms with Crippen LogP contribution in [0.15, 0.2) is 18.2 Å². The normalized spacial score (nSPS) is 23.1. The van der Waals surface area contributed by atoms with E-state index in [2.05, 4.69) is 5.32 Å². The van der Waals surface area contributed by atoms with Crippen molar-refractivity contribution < 1.29 is 14.4 Å². The van der Waals surface area contributed by atoms with Crippen LogP contribution >= 0.6 is 0 Å². The van der Waals surface area contributed by atoms with Crippen LogP contribution in [0, 0.1) is 17.0 Å². The minimum absolute atomic E-state index is 0.0132. The maximum Gasteiger partial charge on any atom is 0.272 e. The van der Waals surface area contributed by atoms with Crippen LogP contribution in [0.1, 0.15) is 12.5 Å². The van der Waals surface area contributed by atoms with Gasteiger partial charge in [0.1, 0.15) is 18.5 Å². The van der Waals surface area contributed by atoms with Gasteiger partial charge in [-0.3, -0.25) is 10.1 Å². The van der Waals surface area contributed by atoms with E-state index in [1.807, 2.05) is 6.92 Å². The van der Waals surface area contributed by atoms with E-state index in [0.717, 1.165) is 13.1 Å². The molecule has 1 aliphatic rings. The van der Waals surface area contributed by atoms with Crippen LogP contribution in [-0.2, 0) is 4.74 Å². The number of hydrogen-bond acceptors (Lipinski definition) is 5. The summed E-state index contributed by atoms with van der Waals surface area (Å²) in [5.74, 6) is 0.630. The molecule has 1 N–H and O–H groups in total. The van der Waals surface area contributed by atoms with Crippen molar-refractivity contribution in [2.24, 2.45) is 0 Å². The van der Waals surface area contributed by atoms with Gasteiger partial charge < -0.3 is 14.8 Å². The number of morpholine rings is 1. The lowest BCUT2D eigenvalue weighted by molar-refractivity contribution is -0.385. The van der Waals surface area contributed by atoms with E-state index in [-0.39, 0.29) is 17.9 Å². The molecule has 1 aromatic rings. The van der Waals surface area contributed by atoms with Gasteiger partial charge in [0.15, 0.2) is 0 Å². The Hall–Kier alpha value is -1.66. The summed E-state index contributed by atoms with van der Waals surface area (Å²) >= 11 is 0. The van der Waals surface area contributed by atoms with Crippen LogP contribution in [0.4, 0.5) is 5.69 Å². The second-order valence-corrected chi connectivity index (χ2v) is 4.74. The number of aryl methyl sites for hydroxylation is 1. The Balaban J connectivity index is 1.92. The molecule has 1 aliphatic heterocycles. The van der Waals surface area contributed by atoms with E-state index >= 15 is 0 Å². The average Bonchev–Trinajstić information content (AvgIpc) is 2.36. The lowest BCUT2D eigenvalue weighted by Gasteiger charge is -2.28. The number of nitro benzene ring substituents is 1. The number of ether oxygens (including phenoxy) is 2. The Kier molecular flexibility index (Phi) is 4.34. The number of benzene rings is 1. The first-order chi connectivity index (χ1) is 9.06. The monoisotopic (exact) mass is 266 g/mol. The highest BCUT2D eigenvalue weighted by Crippen LogP contribution is 2.23. The highest BCUT2D eigenvalue weighted by Gasteiger charge is 2.19. The third-order valence-corrected chi connectivity index (χ3v) is 3.03. The van der Waals surface area contributed by atoms with Crippen LogP contribution in [0.2, 0.25) is 0 Å². The van der Waals surface area contributed by atoms with Crippen molar-refractivity contribution in [3.05, 3.63) is 33.9 Å². The summed E-state index contributed by atoms with van der Waals surface area (Å²) < 4.78 is 11.3. The lowest BCUT2D eigenvalue weighted by Crippen LogP contribution is -2.45. The number of nitro groups is 1. The lowest BCUT2D eigenvalue weighted by atomic mass is 10.2. The Morgan fingerprint density at radius 3 is 2.95 bits per heavy atom. The van der Waals surface area contributed by atoms with Crippen molar-refractivity contribution in [3.63, 3.8) is 0 Å². The van der Waals surface area contributed by atoms with Crippen molar-refractivity contribution in [2.45, 2.75) is 26.1 Å². The van der Waals surface area contributed by atoms with Crippen LogP contribution in [0.5, 0.6) is 5.75 Å². The van der Waals surface area contributed by atoms with Gasteiger partial charge in [0.05, 0.1) is 11.0 Å². The van der Waals surface area contributed by atoms with Crippen molar-refractivity contribution in [3.8, 4) is 5.75 Å². The Morgan fingerprint density at radius 2 is 2.32 bits per heavy atom. The molecule has 0 bridgehead atoms. The highest BCUT2D eigenvalue weighted by atomic mass is 16.6. The second kappa shape index (κ2) is 5.99. The minimum Gasteiger partial charge on any atom is -0.491 e. The van der Waals surface area contributed by atoms with Gasteiger partial charge in [0.2, 0.25) is 0 Å². The molecule has 0 aromatic heterocycles. The van der Waals surface area contributed by atoms with Gasteiger partial charge in [-0.15, -0.1) is 0 Å². The summed E-state index contributed by atoms with van der Waals surface area (Å²) in [6.45, 7) is 5.76. The third-order valence-electron chi connectivity index (χ3n) is 3.03. The van der Waals surface area contributed by atoms with Gasteiger partial charge in [0, 0.05) is 24.7 Å². The average molecular weight is 266 g/mol. The molecule has 19 heavy (non-hydrogen) atoms. The fourth-order valence-electron chi connectivity index (χ4n) is 2.08. The molecule has 0 radical (unpaired) electrons. The van der Waals surface area contributed by atoms with Crippen molar-refractivity contribution in [2.75, 3.05) is 19.7 Å². The zero-order chi connectivity index (χ0) is 13.8. The molecule has 2 unspecified atom stereocenters. The molecule has 0 amide bonds. The first-order valence-corrected chi connectivity index (χ1v) is 6.30. The standard InChI is InChI=1S/C13H18N2O4/c1-9-5-11(3-4-13(9)15(16)17)18-8-12-7-14-6-10(2)19-12/h3-5,10,12,14H,6-8H2,1-2H3. The summed E-state index contributed by atoms with van der Waals surface area (Å²) in [6, 6.07) is 4.76. The molecule has 0 spiro atoms. The summed E-state index contributed by atoms with van der Waals surface area (Å²) in [6.07, 6.45) is 0.195. The number of nitrogens with one attached hydrogen (secondary N) is 1. The number of hydrogen-bond donors (Lipinski definition) is 1. The van der Waals surface area contributed by atoms with Crippen molar-refractivity contribution in [1.29, 1.82) is 0 Å². The molecular formula is C13H18N2O4. The van der Waals surface area contributed by atoms with Crippen molar-refractivity contribution >= 4 is 5.69 Å². The van der Waals surface area contributed by atoms with Gasteiger partial charge in [-0.1, -0.05) is 0 Å². The smallest absolute Gasteiger partial charge is 0.272 e. The molecule has 2 rings (SSSR count). The maximum atomic E-state index is 10.7. The van der Waals surface area contributed by atoms with Crippen LogP contribution < -0.4 is 10.1 Å². The molecule has 1 heterocycles. The van der Waals surface area contributed by atoms with Crippen LogP contribution in [0.3, 0.4) is 0 Å². The van der Waals surface area contributed by atoms with Gasteiger partial charge >= 0.3 is 0 Å². The van der Waals surface area contributed by atoms with E-state index in [4.69, 9.17) is 9.47 Å². The Labute approximate surface area is 111 Å². The quantitative estimate of drug-likeness (QED) is 0.662. The highest BCUT2D eigenvalue weighted by molar-refractivity contribution is 5.44. The van der Waals surface area contributed by atoms with Gasteiger partial charge in [0.25, 0.3) is 5.69 Å². The second-order valence-electron chi connectivity index (χ2n) is 4.74. The molecule has 6 nitrogen and oxygen atoms in total. The van der Waals surface area contributed by atoms with E-state index in [9.17, 15) is 10.1 Å².